The number of fused-ring (bicyclic) bond motifs is 1. The molecule has 156 valence electrons. The fourth-order valence-electron chi connectivity index (χ4n) is 3.48. The number of aromatic nitrogens is 2. The Morgan fingerprint density at radius 1 is 1.28 bits per heavy atom. The third-order valence-corrected chi connectivity index (χ3v) is 7.55. The van der Waals surface area contributed by atoms with E-state index in [0.717, 1.165) is 12.8 Å². The van der Waals surface area contributed by atoms with Crippen molar-refractivity contribution in [2.24, 2.45) is 5.92 Å². The number of hydrogen-bond acceptors (Lipinski definition) is 7. The van der Waals surface area contributed by atoms with Crippen molar-refractivity contribution in [3.8, 4) is 5.75 Å². The Morgan fingerprint density at radius 3 is 2.66 bits per heavy atom. The Bertz CT molecular complexity index is 1050. The van der Waals surface area contributed by atoms with E-state index in [0.29, 0.717) is 36.4 Å². The molecule has 0 bridgehead atoms. The number of sulfonamides is 1. The van der Waals surface area contributed by atoms with Crippen LogP contribution in [0.2, 0.25) is 5.02 Å². The highest BCUT2D eigenvalue weighted by Crippen LogP contribution is 2.40. The van der Waals surface area contributed by atoms with Crippen LogP contribution in [0.4, 0.5) is 5.69 Å². The lowest BCUT2D eigenvalue weighted by molar-refractivity contribution is -0.121. The van der Waals surface area contributed by atoms with Gasteiger partial charge in [0, 0.05) is 26.1 Å². The van der Waals surface area contributed by atoms with Crippen LogP contribution in [-0.2, 0) is 21.4 Å². The Balaban J connectivity index is 1.67. The molecular weight excluding hydrogens is 420 g/mol. The average Bonchev–Trinajstić information content (AvgIpc) is 3.09. The van der Waals surface area contributed by atoms with E-state index >= 15 is 0 Å². The molecule has 0 spiro atoms. The predicted octanol–water partition coefficient (Wildman–Crippen LogP) is 2.38. The van der Waals surface area contributed by atoms with Crippen molar-refractivity contribution in [1.82, 2.24) is 14.4 Å². The largest absolute Gasteiger partial charge is 0.482 e. The van der Waals surface area contributed by atoms with Gasteiger partial charge in [-0.3, -0.25) is 9.69 Å². The van der Waals surface area contributed by atoms with E-state index in [-0.39, 0.29) is 34.7 Å². The summed E-state index contributed by atoms with van der Waals surface area (Å²) in [7, 11) is -3.76. The number of benzene rings is 1. The summed E-state index contributed by atoms with van der Waals surface area (Å²) < 4.78 is 38.1. The molecule has 0 aliphatic carbocycles. The molecule has 1 aromatic carbocycles. The molecule has 0 radical (unpaired) electrons. The minimum absolute atomic E-state index is 0.0165. The summed E-state index contributed by atoms with van der Waals surface area (Å²) in [5, 5.41) is 3.84. The summed E-state index contributed by atoms with van der Waals surface area (Å²) in [4.78, 5) is 17.9. The molecule has 0 saturated carbocycles. The number of hydrogen-bond donors (Lipinski definition) is 0. The van der Waals surface area contributed by atoms with Gasteiger partial charge >= 0.3 is 0 Å². The summed E-state index contributed by atoms with van der Waals surface area (Å²) in [6, 6.07) is 2.84. The van der Waals surface area contributed by atoms with Crippen molar-refractivity contribution in [3.05, 3.63) is 28.9 Å². The first-order valence-electron chi connectivity index (χ1n) is 9.32. The molecule has 3 heterocycles. The molecule has 1 aromatic heterocycles. The summed E-state index contributed by atoms with van der Waals surface area (Å²) in [6.07, 6.45) is 1.62. The van der Waals surface area contributed by atoms with E-state index in [1.807, 2.05) is 0 Å². The lowest BCUT2D eigenvalue weighted by atomic mass is 10.0. The van der Waals surface area contributed by atoms with E-state index in [1.165, 1.54) is 21.3 Å². The molecule has 2 aromatic rings. The van der Waals surface area contributed by atoms with Crippen LogP contribution in [0.3, 0.4) is 0 Å². The van der Waals surface area contributed by atoms with Gasteiger partial charge in [0.25, 0.3) is 5.91 Å². The molecular formula is C18H21ClN4O5S. The van der Waals surface area contributed by atoms with Gasteiger partial charge in [0.05, 0.1) is 17.3 Å². The monoisotopic (exact) mass is 440 g/mol. The van der Waals surface area contributed by atoms with Crippen LogP contribution in [0.5, 0.6) is 5.75 Å². The van der Waals surface area contributed by atoms with Gasteiger partial charge in [-0.1, -0.05) is 23.7 Å². The standard InChI is InChI=1S/C18H21ClN4O5S/c1-11-3-5-22(6-4-11)29(25,26)16-8-15-14(7-13(16)19)23(18(24)10-27-15)9-17-20-12(2)28-21-17/h7-8,11H,3-6,9-10H2,1-2H3. The zero-order valence-corrected chi connectivity index (χ0v) is 17.7. The number of piperidine rings is 1. The molecule has 9 nitrogen and oxygen atoms in total. The van der Waals surface area contributed by atoms with Gasteiger partial charge in [0.2, 0.25) is 15.9 Å². The molecule has 0 unspecified atom stereocenters. The van der Waals surface area contributed by atoms with Crippen LogP contribution in [0.1, 0.15) is 31.5 Å². The summed E-state index contributed by atoms with van der Waals surface area (Å²) in [6.45, 7) is 4.53. The zero-order chi connectivity index (χ0) is 20.8. The minimum Gasteiger partial charge on any atom is -0.482 e. The van der Waals surface area contributed by atoms with Gasteiger partial charge in [-0.2, -0.15) is 9.29 Å². The SMILES string of the molecule is Cc1nc(CN2C(=O)COc3cc(S(=O)(=O)N4CCC(C)CC4)c(Cl)cc32)no1. The number of halogens is 1. The topological polar surface area (TPSA) is 106 Å². The van der Waals surface area contributed by atoms with Crippen LogP contribution in [0.25, 0.3) is 0 Å². The molecule has 4 rings (SSSR count). The van der Waals surface area contributed by atoms with E-state index in [4.69, 9.17) is 20.9 Å². The second-order valence-corrected chi connectivity index (χ2v) is 9.65. The van der Waals surface area contributed by atoms with Crippen LogP contribution in [0, 0.1) is 12.8 Å². The van der Waals surface area contributed by atoms with Crippen LogP contribution in [0.15, 0.2) is 21.6 Å². The molecule has 0 N–H and O–H groups in total. The Kier molecular flexibility index (Phi) is 5.26. The Morgan fingerprint density at radius 2 is 2.00 bits per heavy atom. The van der Waals surface area contributed by atoms with Gasteiger partial charge < -0.3 is 9.26 Å². The minimum atomic E-state index is -3.76. The van der Waals surface area contributed by atoms with E-state index in [2.05, 4.69) is 17.1 Å². The van der Waals surface area contributed by atoms with Gasteiger partial charge in [-0.15, -0.1) is 0 Å². The number of ether oxygens (including phenoxy) is 1. The summed E-state index contributed by atoms with van der Waals surface area (Å²) >= 11 is 6.36. The van der Waals surface area contributed by atoms with Crippen LogP contribution in [-0.4, -0.2) is 48.5 Å². The van der Waals surface area contributed by atoms with Crippen molar-refractivity contribution >= 4 is 33.2 Å². The van der Waals surface area contributed by atoms with Crippen molar-refractivity contribution in [1.29, 1.82) is 0 Å². The van der Waals surface area contributed by atoms with Crippen molar-refractivity contribution in [3.63, 3.8) is 0 Å². The lowest BCUT2D eigenvalue weighted by Gasteiger charge is -2.31. The number of nitrogens with zero attached hydrogens (tertiary/aromatic N) is 4. The number of rotatable bonds is 4. The van der Waals surface area contributed by atoms with E-state index < -0.39 is 10.0 Å². The first-order chi connectivity index (χ1) is 13.8. The maximum Gasteiger partial charge on any atom is 0.265 e. The Labute approximate surface area is 173 Å². The van der Waals surface area contributed by atoms with Crippen LogP contribution >= 0.6 is 11.6 Å². The molecule has 1 amide bonds. The molecule has 0 atom stereocenters. The normalized spacial score (nSPS) is 18.6. The van der Waals surface area contributed by atoms with E-state index in [1.54, 1.807) is 6.92 Å². The summed E-state index contributed by atoms with van der Waals surface area (Å²) in [5.41, 5.74) is 0.375. The predicted molar refractivity (Wildman–Crippen MR) is 104 cm³/mol. The third-order valence-electron chi connectivity index (χ3n) is 5.19. The smallest absolute Gasteiger partial charge is 0.265 e. The first kappa shape index (κ1) is 20.1. The molecule has 2 aliphatic rings. The fraction of sp³-hybridized carbons (Fsp3) is 0.500. The second-order valence-electron chi connectivity index (χ2n) is 7.34. The highest BCUT2D eigenvalue weighted by atomic mass is 35.5. The molecule has 2 aliphatic heterocycles. The van der Waals surface area contributed by atoms with Crippen molar-refractivity contribution in [2.45, 2.75) is 38.1 Å². The maximum absolute atomic E-state index is 13.1. The highest BCUT2D eigenvalue weighted by molar-refractivity contribution is 7.89. The number of amides is 1. The Hall–Kier alpha value is -2.17. The zero-order valence-electron chi connectivity index (χ0n) is 16.1. The van der Waals surface area contributed by atoms with Crippen LogP contribution < -0.4 is 9.64 Å². The average molecular weight is 441 g/mol. The molecule has 1 saturated heterocycles. The van der Waals surface area contributed by atoms with Gasteiger partial charge in [0.15, 0.2) is 12.4 Å². The number of anilines is 1. The number of carbonyl (C=O) groups excluding carboxylic acids is 1. The number of carbonyl (C=O) groups is 1. The van der Waals surface area contributed by atoms with E-state index in [9.17, 15) is 13.2 Å². The molecule has 11 heteroatoms. The fourth-order valence-corrected chi connectivity index (χ4v) is 5.47. The second kappa shape index (κ2) is 7.58. The highest BCUT2D eigenvalue weighted by Gasteiger charge is 2.34. The third kappa shape index (κ3) is 3.84. The van der Waals surface area contributed by atoms with Gasteiger partial charge in [-0.05, 0) is 24.8 Å². The molecule has 29 heavy (non-hydrogen) atoms. The quantitative estimate of drug-likeness (QED) is 0.718. The maximum atomic E-state index is 13.1. The van der Waals surface area contributed by atoms with Gasteiger partial charge in [0.1, 0.15) is 10.6 Å². The number of aryl methyl sites for hydroxylation is 1. The lowest BCUT2D eigenvalue weighted by Crippen LogP contribution is -2.39. The van der Waals surface area contributed by atoms with Crippen molar-refractivity contribution < 1.29 is 22.5 Å². The van der Waals surface area contributed by atoms with Crippen molar-refractivity contribution in [2.75, 3.05) is 24.6 Å². The molecule has 1 fully saturated rings. The first-order valence-corrected chi connectivity index (χ1v) is 11.1. The van der Waals surface area contributed by atoms with Gasteiger partial charge in [-0.25, -0.2) is 8.42 Å². The summed E-state index contributed by atoms with van der Waals surface area (Å²) in [5.74, 6) is 1.18.